The molecule has 6 nitrogen and oxygen atoms in total. The highest BCUT2D eigenvalue weighted by molar-refractivity contribution is 7.07. The Bertz CT molecular complexity index is 825. The number of aromatic nitrogens is 5. The van der Waals surface area contributed by atoms with Crippen molar-refractivity contribution in [3.05, 3.63) is 46.1 Å². The molecule has 3 aromatic heterocycles. The third kappa shape index (κ3) is 3.22. The topological polar surface area (TPSA) is 70.6 Å². The number of imidazole rings is 1. The van der Waals surface area contributed by atoms with E-state index in [9.17, 15) is 0 Å². The van der Waals surface area contributed by atoms with Gasteiger partial charge in [-0.15, -0.1) is 11.3 Å². The minimum absolute atomic E-state index is 0.373. The normalized spacial score (nSPS) is 18.3. The van der Waals surface area contributed by atoms with Gasteiger partial charge in [0, 0.05) is 42.0 Å². The van der Waals surface area contributed by atoms with E-state index in [1.807, 2.05) is 31.6 Å². The van der Waals surface area contributed by atoms with E-state index in [0.29, 0.717) is 5.92 Å². The van der Waals surface area contributed by atoms with Gasteiger partial charge in [0.05, 0.1) is 11.2 Å². The molecule has 0 spiro atoms. The van der Waals surface area contributed by atoms with Crippen LogP contribution in [0.3, 0.4) is 0 Å². The smallest absolute Gasteiger partial charge is 0.156 e. The monoisotopic (exact) mass is 340 g/mol. The summed E-state index contributed by atoms with van der Waals surface area (Å²) in [7, 11) is 0. The largest absolute Gasteiger partial charge is 0.341 e. The molecule has 24 heavy (non-hydrogen) atoms. The fourth-order valence-corrected chi connectivity index (χ4v) is 3.72. The quantitative estimate of drug-likeness (QED) is 0.791. The zero-order valence-electron chi connectivity index (χ0n) is 13.9. The van der Waals surface area contributed by atoms with Crippen LogP contribution in [0.5, 0.6) is 0 Å². The number of rotatable bonds is 4. The average Bonchev–Trinajstić information content (AvgIpc) is 3.29. The molecule has 3 aromatic rings. The van der Waals surface area contributed by atoms with E-state index in [1.165, 1.54) is 0 Å². The van der Waals surface area contributed by atoms with E-state index < -0.39 is 0 Å². The van der Waals surface area contributed by atoms with Crippen molar-refractivity contribution in [2.24, 2.45) is 0 Å². The van der Waals surface area contributed by atoms with Gasteiger partial charge in [-0.1, -0.05) is 0 Å². The Balaban J connectivity index is 1.53. The standard InChI is InChI=1S/C17H20N6S/c1-11-5-15(17-18-6-12(2)21-17)22-16(20-11)13-3-4-23(7-13)8-14-9-24-10-19-14/h5-6,9-10,13H,3-4,7-8H2,1-2H3,(H,18,21)/t13-/m0/s1. The van der Waals surface area contributed by atoms with Crippen molar-refractivity contribution in [1.29, 1.82) is 0 Å². The highest BCUT2D eigenvalue weighted by Gasteiger charge is 2.27. The predicted octanol–water partition coefficient (Wildman–Crippen LogP) is 2.93. The molecule has 0 saturated carbocycles. The van der Waals surface area contributed by atoms with Crippen molar-refractivity contribution >= 4 is 11.3 Å². The van der Waals surface area contributed by atoms with E-state index in [2.05, 4.69) is 30.2 Å². The first-order valence-electron chi connectivity index (χ1n) is 8.14. The molecule has 0 radical (unpaired) electrons. The second-order valence-electron chi connectivity index (χ2n) is 6.37. The molecule has 1 aliphatic heterocycles. The third-order valence-corrected chi connectivity index (χ3v) is 4.96. The number of nitrogens with zero attached hydrogens (tertiary/aromatic N) is 5. The molecule has 1 aliphatic rings. The van der Waals surface area contributed by atoms with Crippen molar-refractivity contribution in [1.82, 2.24) is 29.8 Å². The summed E-state index contributed by atoms with van der Waals surface area (Å²) in [6, 6.07) is 1.99. The van der Waals surface area contributed by atoms with Crippen LogP contribution in [0.1, 0.15) is 35.2 Å². The molecule has 1 saturated heterocycles. The van der Waals surface area contributed by atoms with Crippen LogP contribution in [0.25, 0.3) is 11.5 Å². The van der Waals surface area contributed by atoms with Crippen molar-refractivity contribution in [2.45, 2.75) is 32.7 Å². The number of likely N-dealkylation sites (tertiary alicyclic amines) is 1. The minimum Gasteiger partial charge on any atom is -0.341 e. The van der Waals surface area contributed by atoms with Crippen LogP contribution in [-0.2, 0) is 6.54 Å². The minimum atomic E-state index is 0.373. The first-order chi connectivity index (χ1) is 11.7. The van der Waals surface area contributed by atoms with E-state index in [1.54, 1.807) is 11.3 Å². The highest BCUT2D eigenvalue weighted by Crippen LogP contribution is 2.27. The zero-order chi connectivity index (χ0) is 16.5. The number of aromatic amines is 1. The molecule has 1 atom stereocenters. The highest BCUT2D eigenvalue weighted by atomic mass is 32.1. The molecule has 0 bridgehead atoms. The van der Waals surface area contributed by atoms with E-state index in [4.69, 9.17) is 4.98 Å². The maximum absolute atomic E-state index is 4.79. The van der Waals surface area contributed by atoms with Gasteiger partial charge in [-0.25, -0.2) is 19.9 Å². The Labute approximate surface area is 145 Å². The maximum Gasteiger partial charge on any atom is 0.156 e. The van der Waals surface area contributed by atoms with Gasteiger partial charge in [0.25, 0.3) is 0 Å². The Morgan fingerprint density at radius 1 is 1.29 bits per heavy atom. The van der Waals surface area contributed by atoms with Gasteiger partial charge >= 0.3 is 0 Å². The second-order valence-corrected chi connectivity index (χ2v) is 7.09. The van der Waals surface area contributed by atoms with Gasteiger partial charge in [-0.2, -0.15) is 0 Å². The van der Waals surface area contributed by atoms with Crippen molar-refractivity contribution in [3.8, 4) is 11.5 Å². The maximum atomic E-state index is 4.79. The van der Waals surface area contributed by atoms with Crippen LogP contribution >= 0.6 is 11.3 Å². The predicted molar refractivity (Wildman–Crippen MR) is 93.8 cm³/mol. The number of hydrogen-bond acceptors (Lipinski definition) is 6. The van der Waals surface area contributed by atoms with E-state index in [0.717, 1.165) is 60.5 Å². The summed E-state index contributed by atoms with van der Waals surface area (Å²) >= 11 is 1.65. The summed E-state index contributed by atoms with van der Waals surface area (Å²) in [5.41, 5.74) is 5.95. The van der Waals surface area contributed by atoms with Gasteiger partial charge < -0.3 is 4.98 Å². The van der Waals surface area contributed by atoms with Crippen LogP contribution in [0.2, 0.25) is 0 Å². The molecule has 0 aliphatic carbocycles. The first kappa shape index (κ1) is 15.4. The number of nitrogens with one attached hydrogen (secondary N) is 1. The zero-order valence-corrected chi connectivity index (χ0v) is 14.7. The fraction of sp³-hybridized carbons (Fsp3) is 0.412. The summed E-state index contributed by atoms with van der Waals surface area (Å²) in [6.45, 7) is 6.98. The van der Waals surface area contributed by atoms with Gasteiger partial charge in [0.1, 0.15) is 11.5 Å². The molecule has 0 amide bonds. The lowest BCUT2D eigenvalue weighted by molar-refractivity contribution is 0.322. The average molecular weight is 340 g/mol. The van der Waals surface area contributed by atoms with Crippen LogP contribution in [0.15, 0.2) is 23.2 Å². The number of H-pyrrole nitrogens is 1. The SMILES string of the molecule is Cc1cc(-c2ncc(C)[nH]2)nc([C@H]2CCN(Cc3cscn3)C2)n1. The number of aryl methyl sites for hydroxylation is 2. The molecular weight excluding hydrogens is 320 g/mol. The summed E-state index contributed by atoms with van der Waals surface area (Å²) < 4.78 is 0. The molecular formula is C17H20N6S. The fourth-order valence-electron chi connectivity index (χ4n) is 3.17. The van der Waals surface area contributed by atoms with Crippen LogP contribution in [0.4, 0.5) is 0 Å². The Kier molecular flexibility index (Phi) is 4.12. The molecule has 4 rings (SSSR count). The van der Waals surface area contributed by atoms with Crippen LogP contribution in [0, 0.1) is 13.8 Å². The summed E-state index contributed by atoms with van der Waals surface area (Å²) in [4.78, 5) is 23.9. The lowest BCUT2D eigenvalue weighted by Crippen LogP contribution is -2.20. The van der Waals surface area contributed by atoms with E-state index in [-0.39, 0.29) is 0 Å². The molecule has 1 N–H and O–H groups in total. The molecule has 0 aromatic carbocycles. The van der Waals surface area contributed by atoms with Crippen molar-refractivity contribution in [3.63, 3.8) is 0 Å². The Morgan fingerprint density at radius 3 is 2.96 bits per heavy atom. The van der Waals surface area contributed by atoms with Crippen LogP contribution in [-0.4, -0.2) is 42.9 Å². The lowest BCUT2D eigenvalue weighted by Gasteiger charge is -2.14. The molecule has 4 heterocycles. The molecule has 0 unspecified atom stereocenters. The van der Waals surface area contributed by atoms with Gasteiger partial charge in [0.15, 0.2) is 5.82 Å². The molecule has 7 heteroatoms. The van der Waals surface area contributed by atoms with Gasteiger partial charge in [0.2, 0.25) is 0 Å². The second kappa shape index (κ2) is 6.41. The number of thiazole rings is 1. The van der Waals surface area contributed by atoms with Crippen LogP contribution < -0.4 is 0 Å². The lowest BCUT2D eigenvalue weighted by atomic mass is 10.1. The third-order valence-electron chi connectivity index (χ3n) is 4.32. The number of hydrogen-bond donors (Lipinski definition) is 1. The molecule has 1 fully saturated rings. The van der Waals surface area contributed by atoms with E-state index >= 15 is 0 Å². The Hall–Kier alpha value is -2.12. The van der Waals surface area contributed by atoms with Crippen molar-refractivity contribution in [2.75, 3.05) is 13.1 Å². The van der Waals surface area contributed by atoms with Gasteiger partial charge in [-0.05, 0) is 32.9 Å². The van der Waals surface area contributed by atoms with Crippen molar-refractivity contribution < 1.29 is 0 Å². The first-order valence-corrected chi connectivity index (χ1v) is 9.08. The Morgan fingerprint density at radius 2 is 2.21 bits per heavy atom. The van der Waals surface area contributed by atoms with Gasteiger partial charge in [-0.3, -0.25) is 4.90 Å². The summed E-state index contributed by atoms with van der Waals surface area (Å²) in [5.74, 6) is 2.12. The summed E-state index contributed by atoms with van der Waals surface area (Å²) in [6.07, 6.45) is 2.92. The molecule has 124 valence electrons. The summed E-state index contributed by atoms with van der Waals surface area (Å²) in [5, 5.41) is 2.12.